The van der Waals surface area contributed by atoms with Crippen LogP contribution in [0.25, 0.3) is 0 Å². The van der Waals surface area contributed by atoms with Crippen molar-refractivity contribution in [3.8, 4) is 0 Å². The van der Waals surface area contributed by atoms with E-state index >= 15 is 0 Å². The molecule has 0 unspecified atom stereocenters. The van der Waals surface area contributed by atoms with Crippen molar-refractivity contribution < 1.29 is 21.5 Å². The zero-order valence-corrected chi connectivity index (χ0v) is 11.2. The van der Waals surface area contributed by atoms with Gasteiger partial charge in [-0.1, -0.05) is 27.0 Å². The number of halogens is 1. The molecule has 0 aromatic heterocycles. The van der Waals surface area contributed by atoms with Crippen LogP contribution in [0.5, 0.6) is 0 Å². The van der Waals surface area contributed by atoms with Gasteiger partial charge in [-0.15, -0.1) is 0 Å². The maximum absolute atomic E-state index is 3.84. The van der Waals surface area contributed by atoms with Crippen molar-refractivity contribution in [3.63, 3.8) is 0 Å². The molecule has 0 heterocycles. The van der Waals surface area contributed by atoms with Crippen molar-refractivity contribution in [2.24, 2.45) is 0 Å². The van der Waals surface area contributed by atoms with E-state index in [9.17, 15) is 0 Å². The maximum atomic E-state index is 3.84. The second-order valence-corrected chi connectivity index (χ2v) is 3.73. The van der Waals surface area contributed by atoms with E-state index in [0.29, 0.717) is 0 Å². The minimum absolute atomic E-state index is 0. The lowest BCUT2D eigenvalue weighted by molar-refractivity contribution is -0.917. The molecule has 0 aliphatic heterocycles. The average molecular weight is 262 g/mol. The summed E-state index contributed by atoms with van der Waals surface area (Å²) in [6, 6.07) is 0. The van der Waals surface area contributed by atoms with Crippen LogP contribution in [0.15, 0.2) is 25.3 Å². The van der Waals surface area contributed by atoms with E-state index in [0.717, 1.165) is 17.6 Å². The molecule has 0 N–H and O–H groups in total. The van der Waals surface area contributed by atoms with Gasteiger partial charge in [-0.05, 0) is 25.0 Å². The van der Waals surface area contributed by atoms with E-state index in [2.05, 4.69) is 27.0 Å². The molecule has 0 saturated heterocycles. The summed E-state index contributed by atoms with van der Waals surface area (Å²) < 4.78 is 1.14. The molecule has 0 rings (SSSR count). The molecule has 0 aliphatic carbocycles. The SMILES string of the molecule is C=CC[N+](CC=C)(CCC)CCC.[Br-]. The second kappa shape index (κ2) is 9.47. The lowest BCUT2D eigenvalue weighted by Gasteiger charge is -2.36. The summed E-state index contributed by atoms with van der Waals surface area (Å²) in [7, 11) is 0. The van der Waals surface area contributed by atoms with Gasteiger partial charge in [0.15, 0.2) is 0 Å². The van der Waals surface area contributed by atoms with Gasteiger partial charge in [0.2, 0.25) is 0 Å². The van der Waals surface area contributed by atoms with Crippen molar-refractivity contribution in [2.45, 2.75) is 26.7 Å². The van der Waals surface area contributed by atoms with E-state index in [1.807, 2.05) is 12.2 Å². The first-order valence-corrected chi connectivity index (χ1v) is 5.31. The van der Waals surface area contributed by atoms with Gasteiger partial charge in [0.1, 0.15) is 0 Å². The summed E-state index contributed by atoms with van der Waals surface area (Å²) >= 11 is 0. The first-order chi connectivity index (χ1) is 6.24. The largest absolute Gasteiger partial charge is 1.00 e. The normalized spacial score (nSPS) is 10.4. The highest BCUT2D eigenvalue weighted by Crippen LogP contribution is 2.10. The molecule has 0 saturated carbocycles. The van der Waals surface area contributed by atoms with Gasteiger partial charge < -0.3 is 21.5 Å². The molecule has 14 heavy (non-hydrogen) atoms. The van der Waals surface area contributed by atoms with E-state index in [1.165, 1.54) is 25.9 Å². The van der Waals surface area contributed by atoms with Crippen LogP contribution in [0.1, 0.15) is 26.7 Å². The summed E-state index contributed by atoms with van der Waals surface area (Å²) in [5.41, 5.74) is 0. The molecule has 0 fully saturated rings. The Balaban J connectivity index is 0. The summed E-state index contributed by atoms with van der Waals surface area (Å²) in [6.07, 6.45) is 6.55. The Bertz CT molecular complexity index is 136. The fourth-order valence-corrected chi connectivity index (χ4v) is 2.05. The number of rotatable bonds is 8. The highest BCUT2D eigenvalue weighted by Gasteiger charge is 2.21. The quantitative estimate of drug-likeness (QED) is 0.427. The summed E-state index contributed by atoms with van der Waals surface area (Å²) in [5, 5.41) is 0. The van der Waals surface area contributed by atoms with Crippen LogP contribution in [0, 0.1) is 0 Å². The van der Waals surface area contributed by atoms with Gasteiger partial charge in [-0.3, -0.25) is 0 Å². The Morgan fingerprint density at radius 1 is 0.929 bits per heavy atom. The number of hydrogen-bond donors (Lipinski definition) is 0. The summed E-state index contributed by atoms with van der Waals surface area (Å²) in [4.78, 5) is 0. The van der Waals surface area contributed by atoms with Crippen LogP contribution < -0.4 is 17.0 Å². The van der Waals surface area contributed by atoms with E-state index in [4.69, 9.17) is 0 Å². The molecular formula is C12H24BrN. The van der Waals surface area contributed by atoms with Crippen molar-refractivity contribution in [1.82, 2.24) is 0 Å². The van der Waals surface area contributed by atoms with E-state index in [-0.39, 0.29) is 17.0 Å². The zero-order chi connectivity index (χ0) is 10.2. The fourth-order valence-electron chi connectivity index (χ4n) is 2.05. The smallest absolute Gasteiger partial charge is 0.0973 e. The molecule has 1 nitrogen and oxygen atoms in total. The molecule has 84 valence electrons. The minimum Gasteiger partial charge on any atom is -1.00 e. The number of hydrogen-bond acceptors (Lipinski definition) is 0. The van der Waals surface area contributed by atoms with Gasteiger partial charge in [0, 0.05) is 0 Å². The van der Waals surface area contributed by atoms with Crippen molar-refractivity contribution >= 4 is 0 Å². The Hall–Kier alpha value is -0.0800. The van der Waals surface area contributed by atoms with Crippen LogP contribution in [-0.2, 0) is 0 Å². The molecule has 0 bridgehead atoms. The molecule has 0 amide bonds. The Morgan fingerprint density at radius 2 is 1.29 bits per heavy atom. The Labute approximate surface area is 99.9 Å². The van der Waals surface area contributed by atoms with Gasteiger partial charge in [0.05, 0.1) is 26.2 Å². The maximum Gasteiger partial charge on any atom is 0.0973 e. The molecule has 0 aliphatic rings. The van der Waals surface area contributed by atoms with E-state index in [1.54, 1.807) is 0 Å². The highest BCUT2D eigenvalue weighted by molar-refractivity contribution is 4.71. The predicted octanol–water partition coefficient (Wildman–Crippen LogP) is -0.000800. The van der Waals surface area contributed by atoms with Gasteiger partial charge in [-0.2, -0.15) is 0 Å². The third-order valence-corrected chi connectivity index (χ3v) is 2.43. The van der Waals surface area contributed by atoms with E-state index < -0.39 is 0 Å². The van der Waals surface area contributed by atoms with Crippen molar-refractivity contribution in [3.05, 3.63) is 25.3 Å². The predicted molar refractivity (Wildman–Crippen MR) is 60.7 cm³/mol. The molecular weight excluding hydrogens is 238 g/mol. The molecule has 0 aromatic carbocycles. The summed E-state index contributed by atoms with van der Waals surface area (Å²) in [6.45, 7) is 16.8. The third-order valence-electron chi connectivity index (χ3n) is 2.43. The molecule has 0 spiro atoms. The molecule has 0 atom stereocenters. The second-order valence-electron chi connectivity index (χ2n) is 3.73. The van der Waals surface area contributed by atoms with Gasteiger partial charge in [-0.25, -0.2) is 0 Å². The van der Waals surface area contributed by atoms with Crippen molar-refractivity contribution in [1.29, 1.82) is 0 Å². The van der Waals surface area contributed by atoms with Gasteiger partial charge >= 0.3 is 0 Å². The zero-order valence-electron chi connectivity index (χ0n) is 9.64. The highest BCUT2D eigenvalue weighted by atomic mass is 79.9. The topological polar surface area (TPSA) is 0 Å². The Morgan fingerprint density at radius 3 is 1.50 bits per heavy atom. The molecule has 0 aromatic rings. The molecule has 0 radical (unpaired) electrons. The van der Waals surface area contributed by atoms with Crippen LogP contribution in [0.2, 0.25) is 0 Å². The first-order valence-electron chi connectivity index (χ1n) is 5.31. The van der Waals surface area contributed by atoms with Crippen LogP contribution in [0.4, 0.5) is 0 Å². The van der Waals surface area contributed by atoms with Crippen LogP contribution in [0.3, 0.4) is 0 Å². The first kappa shape index (κ1) is 16.4. The minimum atomic E-state index is 0. The number of nitrogens with zero attached hydrogens (tertiary/aromatic N) is 1. The van der Waals surface area contributed by atoms with Crippen LogP contribution in [-0.4, -0.2) is 30.7 Å². The lowest BCUT2D eigenvalue weighted by atomic mass is 10.2. The van der Waals surface area contributed by atoms with Crippen LogP contribution >= 0.6 is 0 Å². The Kier molecular flexibility index (Phi) is 11.1. The van der Waals surface area contributed by atoms with Gasteiger partial charge in [0.25, 0.3) is 0 Å². The fraction of sp³-hybridized carbons (Fsp3) is 0.667. The average Bonchev–Trinajstić information content (AvgIpc) is 2.06. The standard InChI is InChI=1S/C12H24N.BrH/c1-5-9-13(10-6-2,11-7-3)12-8-4;/h5-6H,1-2,7-12H2,3-4H3;1H/q+1;/p-1. The van der Waals surface area contributed by atoms with Crippen molar-refractivity contribution in [2.75, 3.05) is 26.2 Å². The third kappa shape index (κ3) is 5.61. The lowest BCUT2D eigenvalue weighted by Crippen LogP contribution is -3.00. The monoisotopic (exact) mass is 261 g/mol. The molecule has 2 heteroatoms. The summed E-state index contributed by atoms with van der Waals surface area (Å²) in [5.74, 6) is 0. The number of quaternary nitrogens is 1.